The highest BCUT2D eigenvalue weighted by Gasteiger charge is 2.14. The van der Waals surface area contributed by atoms with Crippen LogP contribution in [0.3, 0.4) is 0 Å². The summed E-state index contributed by atoms with van der Waals surface area (Å²) >= 11 is 3.58. The number of benzene rings is 1. The third-order valence-electron chi connectivity index (χ3n) is 2.40. The lowest BCUT2D eigenvalue weighted by Crippen LogP contribution is -2.26. The van der Waals surface area contributed by atoms with Gasteiger partial charge in [-0.1, -0.05) is 28.1 Å². The van der Waals surface area contributed by atoms with Crippen molar-refractivity contribution in [3.05, 3.63) is 33.8 Å². The van der Waals surface area contributed by atoms with Gasteiger partial charge in [-0.15, -0.1) is 0 Å². The Morgan fingerprint density at radius 1 is 1.42 bits per heavy atom. The van der Waals surface area contributed by atoms with E-state index in [9.17, 15) is 0 Å². The third-order valence-corrected chi connectivity index (χ3v) is 3.14. The van der Waals surface area contributed by atoms with Crippen LogP contribution >= 0.6 is 15.9 Å². The zero-order valence-corrected chi connectivity index (χ0v) is 8.76. The van der Waals surface area contributed by atoms with Crippen LogP contribution in [0.2, 0.25) is 0 Å². The topological polar surface area (TPSA) is 3.24 Å². The molecule has 12 heavy (non-hydrogen) atoms. The summed E-state index contributed by atoms with van der Waals surface area (Å²) in [6, 6.07) is 6.46. The zero-order valence-electron chi connectivity index (χ0n) is 7.18. The molecule has 0 aromatic heterocycles. The predicted molar refractivity (Wildman–Crippen MR) is 54.2 cm³/mol. The number of nitrogens with zero attached hydrogens (tertiary/aromatic N) is 1. The van der Waals surface area contributed by atoms with Crippen LogP contribution in [0.5, 0.6) is 0 Å². The summed E-state index contributed by atoms with van der Waals surface area (Å²) in [6.45, 7) is 2.27. The maximum atomic E-state index is 3.58. The van der Waals surface area contributed by atoms with Gasteiger partial charge in [0.25, 0.3) is 0 Å². The van der Waals surface area contributed by atoms with Crippen molar-refractivity contribution in [1.82, 2.24) is 4.90 Å². The number of hydrogen-bond acceptors (Lipinski definition) is 1. The molecular weight excluding hydrogens is 214 g/mol. The van der Waals surface area contributed by atoms with Crippen LogP contribution in [0.25, 0.3) is 0 Å². The Morgan fingerprint density at radius 3 is 3.08 bits per heavy atom. The van der Waals surface area contributed by atoms with E-state index in [-0.39, 0.29) is 0 Å². The second-order valence-corrected chi connectivity index (χ2v) is 4.22. The molecule has 0 spiro atoms. The second kappa shape index (κ2) is 3.19. The molecule has 1 nitrogen and oxygen atoms in total. The van der Waals surface area contributed by atoms with Crippen molar-refractivity contribution in [3.8, 4) is 0 Å². The molecule has 1 aromatic carbocycles. The van der Waals surface area contributed by atoms with E-state index < -0.39 is 0 Å². The molecule has 1 aromatic rings. The summed E-state index contributed by atoms with van der Waals surface area (Å²) in [7, 11) is 2.17. The Morgan fingerprint density at radius 2 is 2.25 bits per heavy atom. The van der Waals surface area contributed by atoms with Gasteiger partial charge in [-0.05, 0) is 30.7 Å². The summed E-state index contributed by atoms with van der Waals surface area (Å²) in [6.07, 6.45) is 1.17. The summed E-state index contributed by atoms with van der Waals surface area (Å²) in [5.41, 5.74) is 2.97. The Balaban J connectivity index is 2.42. The van der Waals surface area contributed by atoms with E-state index in [1.807, 2.05) is 0 Å². The second-order valence-electron chi connectivity index (χ2n) is 3.37. The fourth-order valence-electron chi connectivity index (χ4n) is 1.70. The molecule has 0 unspecified atom stereocenters. The molecule has 0 aliphatic carbocycles. The van der Waals surface area contributed by atoms with Crippen LogP contribution < -0.4 is 0 Å². The molecular formula is C10H12BrN. The molecule has 1 heterocycles. The third kappa shape index (κ3) is 1.41. The van der Waals surface area contributed by atoms with E-state index in [2.05, 4.69) is 46.1 Å². The van der Waals surface area contributed by atoms with Gasteiger partial charge in [0.15, 0.2) is 0 Å². The zero-order chi connectivity index (χ0) is 8.55. The van der Waals surface area contributed by atoms with Gasteiger partial charge in [-0.3, -0.25) is 0 Å². The fourth-order valence-corrected chi connectivity index (χ4v) is 2.31. The normalized spacial score (nSPS) is 17.5. The van der Waals surface area contributed by atoms with E-state index >= 15 is 0 Å². The largest absolute Gasteiger partial charge is 0.302 e. The highest BCUT2D eigenvalue weighted by atomic mass is 79.9. The van der Waals surface area contributed by atoms with Crippen molar-refractivity contribution in [2.75, 3.05) is 13.6 Å². The standard InChI is InChI=1S/C10H12BrN/c1-12-6-5-9-8(7-12)3-2-4-10(9)11/h2-4H,5-7H2,1H3. The van der Waals surface area contributed by atoms with Crippen molar-refractivity contribution in [2.24, 2.45) is 0 Å². The molecule has 0 fully saturated rings. The van der Waals surface area contributed by atoms with Gasteiger partial charge in [0.05, 0.1) is 0 Å². The Labute approximate surface area is 81.5 Å². The van der Waals surface area contributed by atoms with Crippen LogP contribution in [-0.4, -0.2) is 18.5 Å². The minimum atomic E-state index is 1.09. The highest BCUT2D eigenvalue weighted by Crippen LogP contribution is 2.25. The average molecular weight is 226 g/mol. The van der Waals surface area contributed by atoms with E-state index in [4.69, 9.17) is 0 Å². The number of likely N-dealkylation sites (N-methyl/N-ethyl adjacent to an activating group) is 1. The van der Waals surface area contributed by atoms with Crippen LogP contribution in [0, 0.1) is 0 Å². The lowest BCUT2D eigenvalue weighted by atomic mass is 10.0. The van der Waals surface area contributed by atoms with Gasteiger partial charge in [0, 0.05) is 17.6 Å². The van der Waals surface area contributed by atoms with E-state index in [1.165, 1.54) is 28.6 Å². The Kier molecular flexibility index (Phi) is 2.20. The molecule has 1 aliphatic heterocycles. The summed E-state index contributed by atoms with van der Waals surface area (Å²) in [5.74, 6) is 0. The molecule has 1 aliphatic rings. The van der Waals surface area contributed by atoms with Crippen LogP contribution in [0.4, 0.5) is 0 Å². The molecule has 2 heteroatoms. The van der Waals surface area contributed by atoms with E-state index in [0.29, 0.717) is 0 Å². The smallest absolute Gasteiger partial charge is 0.0233 e. The summed E-state index contributed by atoms with van der Waals surface area (Å²) in [4.78, 5) is 2.36. The highest BCUT2D eigenvalue weighted by molar-refractivity contribution is 9.10. The summed E-state index contributed by atoms with van der Waals surface area (Å²) < 4.78 is 1.27. The number of hydrogen-bond donors (Lipinski definition) is 0. The summed E-state index contributed by atoms with van der Waals surface area (Å²) in [5, 5.41) is 0. The fraction of sp³-hybridized carbons (Fsp3) is 0.400. The molecule has 0 N–H and O–H groups in total. The Bertz CT molecular complexity index is 296. The van der Waals surface area contributed by atoms with Crippen LogP contribution in [0.15, 0.2) is 22.7 Å². The van der Waals surface area contributed by atoms with Crippen LogP contribution in [0.1, 0.15) is 11.1 Å². The first-order chi connectivity index (χ1) is 5.77. The molecule has 0 atom stereocenters. The van der Waals surface area contributed by atoms with Gasteiger partial charge in [0.2, 0.25) is 0 Å². The Hall–Kier alpha value is -0.340. The maximum absolute atomic E-state index is 3.58. The molecule has 0 saturated heterocycles. The molecule has 0 bridgehead atoms. The maximum Gasteiger partial charge on any atom is 0.0233 e. The number of halogens is 1. The lowest BCUT2D eigenvalue weighted by Gasteiger charge is -2.25. The lowest BCUT2D eigenvalue weighted by molar-refractivity contribution is 0.312. The predicted octanol–water partition coefficient (Wildman–Crippen LogP) is 2.44. The molecule has 64 valence electrons. The van der Waals surface area contributed by atoms with Crippen molar-refractivity contribution in [2.45, 2.75) is 13.0 Å². The first-order valence-corrected chi connectivity index (χ1v) is 5.01. The van der Waals surface area contributed by atoms with Crippen molar-refractivity contribution < 1.29 is 0 Å². The van der Waals surface area contributed by atoms with Crippen molar-refractivity contribution in [3.63, 3.8) is 0 Å². The van der Waals surface area contributed by atoms with Gasteiger partial charge in [0.1, 0.15) is 0 Å². The van der Waals surface area contributed by atoms with Crippen LogP contribution in [-0.2, 0) is 13.0 Å². The van der Waals surface area contributed by atoms with Crippen molar-refractivity contribution >= 4 is 15.9 Å². The quantitative estimate of drug-likeness (QED) is 0.656. The minimum absolute atomic E-state index is 1.09. The van der Waals surface area contributed by atoms with Crippen molar-refractivity contribution in [1.29, 1.82) is 0 Å². The van der Waals surface area contributed by atoms with Gasteiger partial charge in [-0.25, -0.2) is 0 Å². The molecule has 2 rings (SSSR count). The molecule has 0 radical (unpaired) electrons. The average Bonchev–Trinajstić information content (AvgIpc) is 2.04. The molecule has 0 saturated carbocycles. The number of rotatable bonds is 0. The van der Waals surface area contributed by atoms with Gasteiger partial charge in [-0.2, -0.15) is 0 Å². The number of fused-ring (bicyclic) bond motifs is 1. The first-order valence-electron chi connectivity index (χ1n) is 4.22. The van der Waals surface area contributed by atoms with Gasteiger partial charge >= 0.3 is 0 Å². The SMILES string of the molecule is CN1CCc2c(Br)cccc2C1. The van der Waals surface area contributed by atoms with E-state index in [1.54, 1.807) is 0 Å². The monoisotopic (exact) mass is 225 g/mol. The first kappa shape index (κ1) is 8.27. The van der Waals surface area contributed by atoms with E-state index in [0.717, 1.165) is 6.54 Å². The van der Waals surface area contributed by atoms with Gasteiger partial charge < -0.3 is 4.90 Å². The minimum Gasteiger partial charge on any atom is -0.302 e. The molecule has 0 amide bonds.